The normalized spacial score (nSPS) is 11.9. The van der Waals surface area contributed by atoms with Gasteiger partial charge in [0.15, 0.2) is 0 Å². The number of aromatic nitrogens is 1. The maximum atomic E-state index is 12.8. The van der Waals surface area contributed by atoms with E-state index in [0.717, 1.165) is 39.8 Å². The fourth-order valence-electron chi connectivity index (χ4n) is 4.05. The number of carbonyl (C=O) groups is 1. The second kappa shape index (κ2) is 11.3. The molecule has 0 radical (unpaired) electrons. The van der Waals surface area contributed by atoms with Crippen LogP contribution in [0.15, 0.2) is 85.1 Å². The number of hydrogen-bond donors (Lipinski definition) is 2. The molecule has 1 amide bonds. The highest BCUT2D eigenvalue weighted by Crippen LogP contribution is 2.34. The minimum atomic E-state index is -0.0937. The lowest BCUT2D eigenvalue weighted by molar-refractivity contribution is -0.121. The Morgan fingerprint density at radius 3 is 2.67 bits per heavy atom. The van der Waals surface area contributed by atoms with Crippen LogP contribution in [0.2, 0.25) is 0 Å². The average molecular weight is 443 g/mol. The van der Waals surface area contributed by atoms with Gasteiger partial charge in [0.25, 0.3) is 0 Å². The van der Waals surface area contributed by atoms with E-state index >= 15 is 0 Å². The van der Waals surface area contributed by atoms with Crippen molar-refractivity contribution < 1.29 is 14.3 Å². The molecule has 4 rings (SSSR count). The van der Waals surface area contributed by atoms with Gasteiger partial charge >= 0.3 is 0 Å². The van der Waals surface area contributed by atoms with Crippen molar-refractivity contribution in [1.82, 2.24) is 10.3 Å². The molecule has 1 atom stereocenters. The highest BCUT2D eigenvalue weighted by Gasteiger charge is 2.22. The van der Waals surface area contributed by atoms with Crippen LogP contribution in [-0.4, -0.2) is 31.2 Å². The molecule has 0 aliphatic heterocycles. The highest BCUT2D eigenvalue weighted by molar-refractivity contribution is 5.86. The second-order valence-corrected chi connectivity index (χ2v) is 8.09. The number of H-pyrrole nitrogens is 1. The van der Waals surface area contributed by atoms with E-state index < -0.39 is 0 Å². The van der Waals surface area contributed by atoms with E-state index in [-0.39, 0.29) is 11.8 Å². The molecule has 0 fully saturated rings. The van der Waals surface area contributed by atoms with E-state index in [4.69, 9.17) is 9.47 Å². The lowest BCUT2D eigenvalue weighted by Crippen LogP contribution is -2.27. The number of ether oxygens (including phenoxy) is 2. The number of nitrogens with one attached hydrogen (secondary N) is 2. The molecular weight excluding hydrogens is 412 g/mol. The van der Waals surface area contributed by atoms with Crippen LogP contribution >= 0.6 is 0 Å². The predicted molar refractivity (Wildman–Crippen MR) is 131 cm³/mol. The average Bonchev–Trinajstić information content (AvgIpc) is 3.29. The summed E-state index contributed by atoms with van der Waals surface area (Å²) >= 11 is 0. The van der Waals surface area contributed by atoms with Crippen molar-refractivity contribution in [1.29, 1.82) is 0 Å². The molecule has 0 aliphatic carbocycles. The lowest BCUT2D eigenvalue weighted by Gasteiger charge is -2.18. The Labute approximate surface area is 194 Å². The van der Waals surface area contributed by atoms with Crippen LogP contribution in [-0.2, 0) is 16.1 Å². The van der Waals surface area contributed by atoms with Gasteiger partial charge in [-0.25, -0.2) is 0 Å². The fraction of sp³-hybridized carbons (Fsp3) is 0.250. The molecule has 4 aromatic rings. The number of benzene rings is 3. The van der Waals surface area contributed by atoms with Crippen LogP contribution in [0.1, 0.15) is 35.4 Å². The Balaban J connectivity index is 1.57. The Hall–Kier alpha value is -3.57. The molecule has 1 unspecified atom stereocenters. The van der Waals surface area contributed by atoms with Crippen molar-refractivity contribution in [2.45, 2.75) is 25.4 Å². The van der Waals surface area contributed by atoms with Gasteiger partial charge in [-0.05, 0) is 41.3 Å². The Bertz CT molecular complexity index is 1170. The molecule has 0 spiro atoms. The maximum Gasteiger partial charge on any atom is 0.220 e. The van der Waals surface area contributed by atoms with Crippen LogP contribution in [0.4, 0.5) is 0 Å². The van der Waals surface area contributed by atoms with Crippen molar-refractivity contribution in [3.8, 4) is 5.75 Å². The number of carbonyl (C=O) groups excluding carboxylic acids is 1. The summed E-state index contributed by atoms with van der Waals surface area (Å²) in [4.78, 5) is 16.2. The third-order valence-electron chi connectivity index (χ3n) is 5.74. The molecule has 1 heterocycles. The molecule has 3 aromatic carbocycles. The maximum absolute atomic E-state index is 12.8. The zero-order valence-corrected chi connectivity index (χ0v) is 18.9. The third-order valence-corrected chi connectivity index (χ3v) is 5.74. The van der Waals surface area contributed by atoms with E-state index in [1.807, 2.05) is 66.9 Å². The summed E-state index contributed by atoms with van der Waals surface area (Å²) in [5, 5.41) is 4.16. The van der Waals surface area contributed by atoms with Gasteiger partial charge in [0.2, 0.25) is 5.91 Å². The summed E-state index contributed by atoms with van der Waals surface area (Å²) < 4.78 is 11.1. The molecule has 170 valence electrons. The molecule has 0 saturated carbocycles. The summed E-state index contributed by atoms with van der Waals surface area (Å²) in [5.74, 6) is 0.725. The summed E-state index contributed by atoms with van der Waals surface area (Å²) in [5.41, 5.74) is 4.34. The van der Waals surface area contributed by atoms with Gasteiger partial charge in [0.1, 0.15) is 12.4 Å². The molecule has 33 heavy (non-hydrogen) atoms. The van der Waals surface area contributed by atoms with Crippen molar-refractivity contribution in [3.05, 3.63) is 102 Å². The summed E-state index contributed by atoms with van der Waals surface area (Å²) in [6, 6.07) is 26.4. The first-order valence-electron chi connectivity index (χ1n) is 11.3. The first-order chi connectivity index (χ1) is 16.2. The first kappa shape index (κ1) is 22.6. The van der Waals surface area contributed by atoms with Crippen LogP contribution in [0, 0.1) is 0 Å². The van der Waals surface area contributed by atoms with Crippen LogP contribution < -0.4 is 10.1 Å². The monoisotopic (exact) mass is 442 g/mol. The minimum absolute atomic E-state index is 0.0250. The van der Waals surface area contributed by atoms with Crippen molar-refractivity contribution >= 4 is 16.8 Å². The fourth-order valence-corrected chi connectivity index (χ4v) is 4.05. The van der Waals surface area contributed by atoms with E-state index in [9.17, 15) is 4.79 Å². The SMILES string of the molecule is COCCCNC(=O)CC(c1cccc(OCc2ccccc2)c1)c1c[nH]c2ccccc12. The molecule has 0 aliphatic rings. The van der Waals surface area contributed by atoms with Gasteiger partial charge in [-0.1, -0.05) is 60.7 Å². The van der Waals surface area contributed by atoms with Crippen molar-refractivity contribution in [2.24, 2.45) is 0 Å². The number of aromatic amines is 1. The van der Waals surface area contributed by atoms with Crippen molar-refractivity contribution in [2.75, 3.05) is 20.3 Å². The third kappa shape index (κ3) is 6.02. The van der Waals surface area contributed by atoms with Gasteiger partial charge in [0, 0.05) is 49.7 Å². The lowest BCUT2D eigenvalue weighted by atomic mass is 9.88. The zero-order valence-electron chi connectivity index (χ0n) is 18.9. The Morgan fingerprint density at radius 2 is 1.82 bits per heavy atom. The summed E-state index contributed by atoms with van der Waals surface area (Å²) in [6.07, 6.45) is 3.17. The van der Waals surface area contributed by atoms with Gasteiger partial charge in [-0.3, -0.25) is 4.79 Å². The Morgan fingerprint density at radius 1 is 1.00 bits per heavy atom. The quantitative estimate of drug-likeness (QED) is 0.305. The second-order valence-electron chi connectivity index (χ2n) is 8.09. The number of rotatable bonds is 11. The van der Waals surface area contributed by atoms with Crippen LogP contribution in [0.5, 0.6) is 5.75 Å². The highest BCUT2D eigenvalue weighted by atomic mass is 16.5. The molecule has 2 N–H and O–H groups in total. The minimum Gasteiger partial charge on any atom is -0.489 e. The zero-order chi connectivity index (χ0) is 22.9. The van der Waals surface area contributed by atoms with Crippen molar-refractivity contribution in [3.63, 3.8) is 0 Å². The Kier molecular flexibility index (Phi) is 7.77. The number of fused-ring (bicyclic) bond motifs is 1. The van der Waals surface area contributed by atoms with E-state index in [1.165, 1.54) is 0 Å². The van der Waals surface area contributed by atoms with E-state index in [2.05, 4.69) is 28.5 Å². The standard InChI is InChI=1S/C28H30N2O3/c1-32-16-8-15-29-28(31)18-25(26-19-30-27-14-6-5-13-24(26)27)22-11-7-12-23(17-22)33-20-21-9-3-2-4-10-21/h2-7,9-14,17,19,25,30H,8,15-16,18,20H2,1H3,(H,29,31). The van der Waals surface area contributed by atoms with Gasteiger partial charge in [0.05, 0.1) is 0 Å². The van der Waals surface area contributed by atoms with Gasteiger partial charge < -0.3 is 19.8 Å². The van der Waals surface area contributed by atoms with E-state index in [0.29, 0.717) is 26.2 Å². The van der Waals surface area contributed by atoms with Gasteiger partial charge in [-0.2, -0.15) is 0 Å². The molecule has 1 aromatic heterocycles. The number of methoxy groups -OCH3 is 1. The largest absolute Gasteiger partial charge is 0.489 e. The number of hydrogen-bond acceptors (Lipinski definition) is 3. The smallest absolute Gasteiger partial charge is 0.220 e. The molecular formula is C28H30N2O3. The number of amides is 1. The van der Waals surface area contributed by atoms with Gasteiger partial charge in [-0.15, -0.1) is 0 Å². The molecule has 0 bridgehead atoms. The number of para-hydroxylation sites is 1. The molecule has 0 saturated heterocycles. The molecule has 5 nitrogen and oxygen atoms in total. The molecule has 5 heteroatoms. The van der Waals surface area contributed by atoms with Crippen LogP contribution in [0.3, 0.4) is 0 Å². The van der Waals surface area contributed by atoms with Crippen LogP contribution in [0.25, 0.3) is 10.9 Å². The summed E-state index contributed by atoms with van der Waals surface area (Å²) in [6.45, 7) is 1.74. The predicted octanol–water partition coefficient (Wildman–Crippen LogP) is 5.42. The summed E-state index contributed by atoms with van der Waals surface area (Å²) in [7, 11) is 1.67. The topological polar surface area (TPSA) is 63.4 Å². The van der Waals surface area contributed by atoms with E-state index in [1.54, 1.807) is 7.11 Å². The first-order valence-corrected chi connectivity index (χ1v) is 11.3.